The molecule has 2 nitrogen and oxygen atoms in total. The predicted octanol–water partition coefficient (Wildman–Crippen LogP) is 1.99. The molecule has 0 heterocycles. The molecule has 0 radical (unpaired) electrons. The minimum absolute atomic E-state index is 0.0195. The molecule has 0 bridgehead atoms. The van der Waals surface area contributed by atoms with Gasteiger partial charge in [0, 0.05) is 6.42 Å². The number of alkyl halides is 1. The van der Waals surface area contributed by atoms with Crippen molar-refractivity contribution >= 4 is 5.97 Å². The standard InChI is InChI=1S/C8H13FO2/c9-7-3-1-2-6(7)4-5-8(10)11/h6-7H,1-5H2,(H,10,11)/t6-,7-/m1/s1. The van der Waals surface area contributed by atoms with E-state index in [4.69, 9.17) is 5.11 Å². The van der Waals surface area contributed by atoms with Crippen molar-refractivity contribution in [3.05, 3.63) is 0 Å². The van der Waals surface area contributed by atoms with Crippen LogP contribution < -0.4 is 0 Å². The summed E-state index contributed by atoms with van der Waals surface area (Å²) in [5.74, 6) is -0.796. The summed E-state index contributed by atoms with van der Waals surface area (Å²) in [6, 6.07) is 0. The third-order valence-electron chi connectivity index (χ3n) is 2.30. The van der Waals surface area contributed by atoms with Crippen LogP contribution in [-0.2, 0) is 4.79 Å². The first-order chi connectivity index (χ1) is 5.20. The topological polar surface area (TPSA) is 37.3 Å². The van der Waals surface area contributed by atoms with Gasteiger partial charge in [-0.25, -0.2) is 4.39 Å². The molecular weight excluding hydrogens is 147 g/mol. The maximum atomic E-state index is 12.8. The van der Waals surface area contributed by atoms with E-state index < -0.39 is 12.1 Å². The normalized spacial score (nSPS) is 30.6. The maximum Gasteiger partial charge on any atom is 0.303 e. The number of rotatable bonds is 3. The monoisotopic (exact) mass is 160 g/mol. The van der Waals surface area contributed by atoms with Crippen LogP contribution >= 0.6 is 0 Å². The summed E-state index contributed by atoms with van der Waals surface area (Å²) in [5.41, 5.74) is 0. The second kappa shape index (κ2) is 3.69. The zero-order chi connectivity index (χ0) is 8.27. The van der Waals surface area contributed by atoms with Gasteiger partial charge in [0.25, 0.3) is 0 Å². The second-order valence-corrected chi connectivity index (χ2v) is 3.14. The Kier molecular flexibility index (Phi) is 2.85. The molecule has 1 rings (SSSR count). The molecule has 0 saturated heterocycles. The van der Waals surface area contributed by atoms with Gasteiger partial charge in [-0.15, -0.1) is 0 Å². The third kappa shape index (κ3) is 2.48. The van der Waals surface area contributed by atoms with Gasteiger partial charge in [0.1, 0.15) is 6.17 Å². The Balaban J connectivity index is 2.20. The van der Waals surface area contributed by atoms with E-state index in [0.717, 1.165) is 12.8 Å². The van der Waals surface area contributed by atoms with Crippen LogP contribution in [0.5, 0.6) is 0 Å². The van der Waals surface area contributed by atoms with E-state index in [0.29, 0.717) is 12.8 Å². The van der Waals surface area contributed by atoms with Crippen LogP contribution in [0.1, 0.15) is 32.1 Å². The van der Waals surface area contributed by atoms with Gasteiger partial charge in [-0.05, 0) is 25.2 Å². The largest absolute Gasteiger partial charge is 0.481 e. The van der Waals surface area contributed by atoms with Gasteiger partial charge in [-0.2, -0.15) is 0 Å². The van der Waals surface area contributed by atoms with E-state index >= 15 is 0 Å². The van der Waals surface area contributed by atoms with E-state index in [1.807, 2.05) is 0 Å². The average molecular weight is 160 g/mol. The highest BCUT2D eigenvalue weighted by molar-refractivity contribution is 5.66. The molecule has 1 fully saturated rings. The number of carboxylic acids is 1. The fourth-order valence-electron chi connectivity index (χ4n) is 1.63. The molecule has 0 amide bonds. The molecule has 1 aliphatic carbocycles. The fourth-order valence-corrected chi connectivity index (χ4v) is 1.63. The lowest BCUT2D eigenvalue weighted by Crippen LogP contribution is -2.10. The molecule has 0 aromatic carbocycles. The van der Waals surface area contributed by atoms with Crippen molar-refractivity contribution in [2.45, 2.75) is 38.3 Å². The van der Waals surface area contributed by atoms with Gasteiger partial charge in [0.15, 0.2) is 0 Å². The molecule has 0 aromatic heterocycles. The smallest absolute Gasteiger partial charge is 0.303 e. The van der Waals surface area contributed by atoms with Crippen LogP contribution in [0.2, 0.25) is 0 Å². The molecule has 64 valence electrons. The Morgan fingerprint density at radius 3 is 2.73 bits per heavy atom. The Morgan fingerprint density at radius 1 is 1.55 bits per heavy atom. The Labute approximate surface area is 65.4 Å². The van der Waals surface area contributed by atoms with E-state index in [-0.39, 0.29) is 12.3 Å². The third-order valence-corrected chi connectivity index (χ3v) is 2.30. The Morgan fingerprint density at radius 2 is 2.27 bits per heavy atom. The number of carboxylic acid groups (broad SMARTS) is 1. The van der Waals surface area contributed by atoms with Crippen LogP contribution in [0.15, 0.2) is 0 Å². The van der Waals surface area contributed by atoms with Gasteiger partial charge >= 0.3 is 5.97 Å². The summed E-state index contributed by atoms with van der Waals surface area (Å²) in [5, 5.41) is 8.34. The van der Waals surface area contributed by atoms with Crippen molar-refractivity contribution in [2.24, 2.45) is 5.92 Å². The quantitative estimate of drug-likeness (QED) is 0.685. The van der Waals surface area contributed by atoms with Gasteiger partial charge in [0.05, 0.1) is 0 Å². The van der Waals surface area contributed by atoms with Gasteiger partial charge in [-0.1, -0.05) is 6.42 Å². The van der Waals surface area contributed by atoms with Gasteiger partial charge in [0.2, 0.25) is 0 Å². The molecule has 11 heavy (non-hydrogen) atoms. The highest BCUT2D eigenvalue weighted by atomic mass is 19.1. The zero-order valence-electron chi connectivity index (χ0n) is 6.42. The molecular formula is C8H13FO2. The number of hydrogen-bond donors (Lipinski definition) is 1. The molecule has 0 unspecified atom stereocenters. The lowest BCUT2D eigenvalue weighted by atomic mass is 10.0. The molecule has 1 saturated carbocycles. The first-order valence-electron chi connectivity index (χ1n) is 4.06. The number of aliphatic carboxylic acids is 1. The predicted molar refractivity (Wildman–Crippen MR) is 39.1 cm³/mol. The summed E-state index contributed by atoms with van der Waals surface area (Å²) < 4.78 is 12.8. The van der Waals surface area contributed by atoms with Crippen molar-refractivity contribution in [3.63, 3.8) is 0 Å². The van der Waals surface area contributed by atoms with E-state index in [2.05, 4.69) is 0 Å². The summed E-state index contributed by atoms with van der Waals surface area (Å²) in [7, 11) is 0. The number of halogens is 1. The summed E-state index contributed by atoms with van der Waals surface area (Å²) in [6.45, 7) is 0. The van der Waals surface area contributed by atoms with E-state index in [1.165, 1.54) is 0 Å². The molecule has 2 atom stereocenters. The van der Waals surface area contributed by atoms with E-state index in [9.17, 15) is 9.18 Å². The van der Waals surface area contributed by atoms with Crippen molar-refractivity contribution < 1.29 is 14.3 Å². The molecule has 1 aliphatic rings. The second-order valence-electron chi connectivity index (χ2n) is 3.14. The van der Waals surface area contributed by atoms with Crippen molar-refractivity contribution in [1.82, 2.24) is 0 Å². The molecule has 0 spiro atoms. The molecule has 0 aliphatic heterocycles. The molecule has 1 N–H and O–H groups in total. The van der Waals surface area contributed by atoms with Crippen molar-refractivity contribution in [1.29, 1.82) is 0 Å². The lowest BCUT2D eigenvalue weighted by Gasteiger charge is -2.09. The first kappa shape index (κ1) is 8.50. The Bertz CT molecular complexity index is 147. The molecule has 0 aromatic rings. The lowest BCUT2D eigenvalue weighted by molar-refractivity contribution is -0.137. The summed E-state index contributed by atoms with van der Waals surface area (Å²) in [6.07, 6.45) is 2.31. The van der Waals surface area contributed by atoms with Gasteiger partial charge in [-0.3, -0.25) is 4.79 Å². The van der Waals surface area contributed by atoms with Crippen LogP contribution in [0, 0.1) is 5.92 Å². The van der Waals surface area contributed by atoms with Crippen molar-refractivity contribution in [2.75, 3.05) is 0 Å². The molecule has 3 heteroatoms. The maximum absolute atomic E-state index is 12.8. The highest BCUT2D eigenvalue weighted by Gasteiger charge is 2.26. The first-order valence-corrected chi connectivity index (χ1v) is 4.06. The minimum Gasteiger partial charge on any atom is -0.481 e. The zero-order valence-corrected chi connectivity index (χ0v) is 6.42. The van der Waals surface area contributed by atoms with Crippen LogP contribution in [-0.4, -0.2) is 17.2 Å². The summed E-state index contributed by atoms with van der Waals surface area (Å²) in [4.78, 5) is 10.1. The van der Waals surface area contributed by atoms with Gasteiger partial charge < -0.3 is 5.11 Å². The van der Waals surface area contributed by atoms with Crippen LogP contribution in [0.3, 0.4) is 0 Å². The minimum atomic E-state index is -0.816. The SMILES string of the molecule is O=C(O)CC[C@H]1CCC[C@H]1F. The van der Waals surface area contributed by atoms with Crippen LogP contribution in [0.4, 0.5) is 4.39 Å². The number of hydrogen-bond acceptors (Lipinski definition) is 1. The van der Waals surface area contributed by atoms with Crippen molar-refractivity contribution in [3.8, 4) is 0 Å². The Hall–Kier alpha value is -0.600. The van der Waals surface area contributed by atoms with E-state index in [1.54, 1.807) is 0 Å². The highest BCUT2D eigenvalue weighted by Crippen LogP contribution is 2.31. The van der Waals surface area contributed by atoms with Crippen LogP contribution in [0.25, 0.3) is 0 Å². The summed E-state index contributed by atoms with van der Waals surface area (Å²) >= 11 is 0. The average Bonchev–Trinajstić information content (AvgIpc) is 2.31. The fraction of sp³-hybridized carbons (Fsp3) is 0.875. The number of carbonyl (C=O) groups is 1.